The number of likely N-dealkylation sites (tertiary alicyclic amines) is 1. The van der Waals surface area contributed by atoms with E-state index < -0.39 is 0 Å². The van der Waals surface area contributed by atoms with Gasteiger partial charge in [-0.15, -0.1) is 12.4 Å². The molecule has 1 atom stereocenters. The van der Waals surface area contributed by atoms with Gasteiger partial charge in [0.2, 0.25) is 0 Å². The molecule has 1 aliphatic heterocycles. The molecule has 2 rings (SSSR count). The molecule has 1 aromatic carbocycles. The van der Waals surface area contributed by atoms with Crippen LogP contribution < -0.4 is 0 Å². The second-order valence-corrected chi connectivity index (χ2v) is 5.88. The molecule has 0 radical (unpaired) electrons. The highest BCUT2D eigenvalue weighted by atomic mass is 79.9. The Balaban J connectivity index is 0.00000180. The molecule has 106 valence electrons. The van der Waals surface area contributed by atoms with Gasteiger partial charge in [0.05, 0.1) is 10.6 Å². The molecular formula is C13H16BrCl2NO2. The third kappa shape index (κ3) is 4.63. The van der Waals surface area contributed by atoms with Gasteiger partial charge in [-0.05, 0) is 44.6 Å². The van der Waals surface area contributed by atoms with Crippen LogP contribution in [0.25, 0.3) is 0 Å². The molecule has 1 heterocycles. The lowest BCUT2D eigenvalue weighted by molar-refractivity contribution is 0.0109. The smallest absolute Gasteiger partial charge is 0.340 e. The average Bonchev–Trinajstić information content (AvgIpc) is 2.32. The van der Waals surface area contributed by atoms with Crippen LogP contribution in [0.4, 0.5) is 0 Å². The van der Waals surface area contributed by atoms with Gasteiger partial charge in [0.15, 0.2) is 0 Å². The Morgan fingerprint density at radius 3 is 2.95 bits per heavy atom. The van der Waals surface area contributed by atoms with Crippen LogP contribution in [0.5, 0.6) is 0 Å². The molecule has 0 aromatic heterocycles. The first-order chi connectivity index (χ1) is 8.56. The highest BCUT2D eigenvalue weighted by Crippen LogP contribution is 2.23. The van der Waals surface area contributed by atoms with Crippen LogP contribution in [0.2, 0.25) is 5.02 Å². The Morgan fingerprint density at radius 1 is 1.53 bits per heavy atom. The van der Waals surface area contributed by atoms with Crippen molar-refractivity contribution < 1.29 is 9.53 Å². The predicted molar refractivity (Wildman–Crippen MR) is 82.3 cm³/mol. The molecule has 0 bridgehead atoms. The minimum Gasteiger partial charge on any atom is -0.457 e. The maximum atomic E-state index is 12.0. The van der Waals surface area contributed by atoms with Crippen molar-refractivity contribution in [2.45, 2.75) is 18.9 Å². The minimum absolute atomic E-state index is 0. The Labute approximate surface area is 132 Å². The Bertz CT molecular complexity index is 456. The first kappa shape index (κ1) is 16.8. The molecule has 0 spiro atoms. The van der Waals surface area contributed by atoms with Crippen molar-refractivity contribution in [3.05, 3.63) is 33.3 Å². The van der Waals surface area contributed by atoms with Crippen LogP contribution in [0, 0.1) is 0 Å². The molecular weight excluding hydrogens is 353 g/mol. The number of hydrogen-bond donors (Lipinski definition) is 0. The number of halogens is 3. The summed E-state index contributed by atoms with van der Waals surface area (Å²) in [5, 5.41) is 0.423. The summed E-state index contributed by atoms with van der Waals surface area (Å²) in [6, 6.07) is 5.18. The summed E-state index contributed by atoms with van der Waals surface area (Å²) in [6.07, 6.45) is 1.94. The number of hydrogen-bond acceptors (Lipinski definition) is 3. The number of piperidine rings is 1. The van der Waals surface area contributed by atoms with Crippen LogP contribution in [0.3, 0.4) is 0 Å². The third-order valence-corrected chi connectivity index (χ3v) is 3.83. The topological polar surface area (TPSA) is 29.5 Å². The van der Waals surface area contributed by atoms with Gasteiger partial charge in [0.25, 0.3) is 0 Å². The fourth-order valence-electron chi connectivity index (χ4n) is 2.08. The van der Waals surface area contributed by atoms with Crippen molar-refractivity contribution in [1.29, 1.82) is 0 Å². The van der Waals surface area contributed by atoms with Crippen molar-refractivity contribution in [3.8, 4) is 0 Å². The fourth-order valence-corrected chi connectivity index (χ4v) is 2.64. The van der Waals surface area contributed by atoms with Gasteiger partial charge in [-0.25, -0.2) is 4.79 Å². The number of nitrogens with zero attached hydrogens (tertiary/aromatic N) is 1. The van der Waals surface area contributed by atoms with Crippen LogP contribution in [-0.2, 0) is 4.74 Å². The average molecular weight is 369 g/mol. The Morgan fingerprint density at radius 2 is 2.26 bits per heavy atom. The summed E-state index contributed by atoms with van der Waals surface area (Å²) < 4.78 is 6.32. The zero-order valence-corrected chi connectivity index (χ0v) is 13.7. The number of likely N-dealkylation sites (N-methyl/N-ethyl adjacent to an activating group) is 1. The summed E-state index contributed by atoms with van der Waals surface area (Å²) in [4.78, 5) is 14.2. The Kier molecular flexibility index (Phi) is 6.60. The maximum Gasteiger partial charge on any atom is 0.340 e. The monoisotopic (exact) mass is 367 g/mol. The van der Waals surface area contributed by atoms with E-state index in [1.165, 1.54) is 0 Å². The van der Waals surface area contributed by atoms with Gasteiger partial charge in [-0.1, -0.05) is 27.5 Å². The van der Waals surface area contributed by atoms with E-state index >= 15 is 0 Å². The van der Waals surface area contributed by atoms with E-state index in [-0.39, 0.29) is 24.5 Å². The standard InChI is InChI=1S/C13H15BrClNO2.ClH/c1-16-6-2-3-10(8-16)18-13(17)11-7-9(14)4-5-12(11)15;/h4-5,7,10H,2-3,6,8H2,1H3;1H. The quantitative estimate of drug-likeness (QED) is 0.744. The Hall–Kier alpha value is -0.290. The van der Waals surface area contributed by atoms with Gasteiger partial charge in [-0.3, -0.25) is 0 Å². The maximum absolute atomic E-state index is 12.0. The molecule has 1 aliphatic rings. The molecule has 0 N–H and O–H groups in total. The van der Waals surface area contributed by atoms with Gasteiger partial charge >= 0.3 is 5.97 Å². The summed E-state index contributed by atoms with van der Waals surface area (Å²) in [6.45, 7) is 1.85. The van der Waals surface area contributed by atoms with E-state index in [2.05, 4.69) is 20.8 Å². The molecule has 1 aromatic rings. The zero-order chi connectivity index (χ0) is 13.1. The number of carbonyl (C=O) groups is 1. The van der Waals surface area contributed by atoms with Gasteiger partial charge in [0.1, 0.15) is 6.10 Å². The minimum atomic E-state index is -0.346. The second-order valence-electron chi connectivity index (χ2n) is 4.56. The first-order valence-electron chi connectivity index (χ1n) is 5.91. The van der Waals surface area contributed by atoms with Crippen LogP contribution in [0.15, 0.2) is 22.7 Å². The van der Waals surface area contributed by atoms with Gasteiger partial charge in [0, 0.05) is 11.0 Å². The second kappa shape index (κ2) is 7.48. The van der Waals surface area contributed by atoms with E-state index in [0.29, 0.717) is 10.6 Å². The molecule has 3 nitrogen and oxygen atoms in total. The normalized spacial score (nSPS) is 19.6. The number of carbonyl (C=O) groups excluding carboxylic acids is 1. The molecule has 0 aliphatic carbocycles. The highest BCUT2D eigenvalue weighted by molar-refractivity contribution is 9.10. The molecule has 1 fully saturated rings. The molecule has 0 saturated carbocycles. The first-order valence-corrected chi connectivity index (χ1v) is 7.08. The lowest BCUT2D eigenvalue weighted by Crippen LogP contribution is -2.38. The van der Waals surface area contributed by atoms with E-state index in [9.17, 15) is 4.79 Å². The van der Waals surface area contributed by atoms with Crippen LogP contribution in [-0.4, -0.2) is 37.1 Å². The van der Waals surface area contributed by atoms with Crippen LogP contribution in [0.1, 0.15) is 23.2 Å². The van der Waals surface area contributed by atoms with Crippen molar-refractivity contribution in [1.82, 2.24) is 4.90 Å². The SMILES string of the molecule is CN1CCCC(OC(=O)c2cc(Br)ccc2Cl)C1.Cl. The lowest BCUT2D eigenvalue weighted by Gasteiger charge is -2.29. The van der Waals surface area contributed by atoms with Gasteiger partial charge in [-0.2, -0.15) is 0 Å². The number of esters is 1. The summed E-state index contributed by atoms with van der Waals surface area (Å²) in [7, 11) is 2.03. The van der Waals surface area contributed by atoms with Crippen molar-refractivity contribution in [2.75, 3.05) is 20.1 Å². The molecule has 0 amide bonds. The number of rotatable bonds is 2. The predicted octanol–water partition coefficient (Wildman–Crippen LogP) is 3.78. The number of benzene rings is 1. The third-order valence-electron chi connectivity index (χ3n) is 3.00. The lowest BCUT2D eigenvalue weighted by atomic mass is 10.1. The highest BCUT2D eigenvalue weighted by Gasteiger charge is 2.22. The molecule has 19 heavy (non-hydrogen) atoms. The van der Waals surface area contributed by atoms with E-state index in [4.69, 9.17) is 16.3 Å². The molecule has 1 saturated heterocycles. The van der Waals surface area contributed by atoms with Crippen molar-refractivity contribution in [2.24, 2.45) is 0 Å². The van der Waals surface area contributed by atoms with E-state index in [1.54, 1.807) is 18.2 Å². The summed E-state index contributed by atoms with van der Waals surface area (Å²) >= 11 is 9.33. The van der Waals surface area contributed by atoms with Gasteiger partial charge < -0.3 is 9.64 Å². The largest absolute Gasteiger partial charge is 0.457 e. The van der Waals surface area contributed by atoms with E-state index in [0.717, 1.165) is 30.4 Å². The fraction of sp³-hybridized carbons (Fsp3) is 0.462. The molecule has 6 heteroatoms. The van der Waals surface area contributed by atoms with Crippen LogP contribution >= 0.6 is 39.9 Å². The molecule has 1 unspecified atom stereocenters. The van der Waals surface area contributed by atoms with Crippen molar-refractivity contribution >= 4 is 45.9 Å². The van der Waals surface area contributed by atoms with Crippen molar-refractivity contribution in [3.63, 3.8) is 0 Å². The van der Waals surface area contributed by atoms with E-state index in [1.807, 2.05) is 7.05 Å². The summed E-state index contributed by atoms with van der Waals surface area (Å²) in [5.41, 5.74) is 0.416. The number of ether oxygens (including phenoxy) is 1. The summed E-state index contributed by atoms with van der Waals surface area (Å²) in [5.74, 6) is -0.346. The zero-order valence-electron chi connectivity index (χ0n) is 10.6.